The molecular formula is C27H47FO. The van der Waals surface area contributed by atoms with E-state index in [1.807, 2.05) is 14.0 Å². The zero-order chi connectivity index (χ0) is 20.5. The lowest BCUT2D eigenvalue weighted by Gasteiger charge is -2.41. The van der Waals surface area contributed by atoms with E-state index in [1.54, 1.807) is 0 Å². The third kappa shape index (κ3) is 7.37. The number of ether oxygens (including phenoxy) is 1. The highest BCUT2D eigenvalue weighted by Crippen LogP contribution is 2.46. The molecule has 0 saturated heterocycles. The lowest BCUT2D eigenvalue weighted by molar-refractivity contribution is 0.0820. The first-order valence-electron chi connectivity index (χ1n) is 13.0. The fraction of sp³-hybridized carbons (Fsp3) is 0.926. The Labute approximate surface area is 180 Å². The van der Waals surface area contributed by atoms with Gasteiger partial charge >= 0.3 is 0 Å². The third-order valence-corrected chi connectivity index (χ3v) is 8.76. The average molecular weight is 407 g/mol. The van der Waals surface area contributed by atoms with E-state index >= 15 is 0 Å². The molecule has 0 bridgehead atoms. The lowest BCUT2D eigenvalue weighted by Crippen LogP contribution is -2.30. The Hall–Kier alpha value is -0.370. The summed E-state index contributed by atoms with van der Waals surface area (Å²) in [5, 5.41) is 0. The summed E-state index contributed by atoms with van der Waals surface area (Å²) < 4.78 is 18.7. The number of alkyl halides is 1. The largest absolute Gasteiger partial charge is 0.384 e. The number of rotatable bonds is 9. The summed E-state index contributed by atoms with van der Waals surface area (Å²) in [6.07, 6.45) is 23.7. The van der Waals surface area contributed by atoms with Crippen molar-refractivity contribution in [1.82, 2.24) is 0 Å². The van der Waals surface area contributed by atoms with Gasteiger partial charge in [-0.3, -0.25) is 0 Å². The Morgan fingerprint density at radius 3 is 1.76 bits per heavy atom. The van der Waals surface area contributed by atoms with Gasteiger partial charge in [0.05, 0.1) is 0 Å². The van der Waals surface area contributed by atoms with Crippen LogP contribution in [0.3, 0.4) is 0 Å². The molecule has 2 heteroatoms. The van der Waals surface area contributed by atoms with Crippen LogP contribution in [0.25, 0.3) is 0 Å². The molecule has 3 aliphatic carbocycles. The monoisotopic (exact) mass is 406 g/mol. The molecule has 0 aromatic carbocycles. The molecule has 3 rings (SSSR count). The van der Waals surface area contributed by atoms with Gasteiger partial charge in [0.15, 0.2) is 0 Å². The topological polar surface area (TPSA) is 9.23 Å². The first-order chi connectivity index (χ1) is 14.2. The number of allylic oxidation sites excluding steroid dienone is 2. The van der Waals surface area contributed by atoms with Crippen molar-refractivity contribution in [2.75, 3.05) is 13.7 Å². The number of hydrogen-bond acceptors (Lipinski definition) is 1. The van der Waals surface area contributed by atoms with Crippen LogP contribution in [0, 0.1) is 35.5 Å². The van der Waals surface area contributed by atoms with Crippen molar-refractivity contribution in [3.05, 3.63) is 12.2 Å². The fourth-order valence-corrected chi connectivity index (χ4v) is 6.73. The molecule has 0 aromatic rings. The number of hydrogen-bond donors (Lipinski definition) is 0. The van der Waals surface area contributed by atoms with Gasteiger partial charge in [0.2, 0.25) is 0 Å². The van der Waals surface area contributed by atoms with Gasteiger partial charge in [0.1, 0.15) is 6.17 Å². The van der Waals surface area contributed by atoms with E-state index in [1.165, 1.54) is 77.0 Å². The van der Waals surface area contributed by atoms with Crippen molar-refractivity contribution in [2.45, 2.75) is 109 Å². The number of methoxy groups -OCH3 is 1. The van der Waals surface area contributed by atoms with Gasteiger partial charge in [-0.05, 0) is 132 Å². The SMILES string of the molecule is CCC(F)CC/C=C/C1CCC(C2CCC(C3CCC(COC)CC3)CC2)CC1. The van der Waals surface area contributed by atoms with Gasteiger partial charge in [-0.2, -0.15) is 0 Å². The van der Waals surface area contributed by atoms with E-state index in [4.69, 9.17) is 4.74 Å². The fourth-order valence-electron chi connectivity index (χ4n) is 6.73. The maximum absolute atomic E-state index is 13.3. The van der Waals surface area contributed by atoms with E-state index < -0.39 is 6.17 Å². The molecular weight excluding hydrogens is 359 g/mol. The van der Waals surface area contributed by atoms with Crippen molar-refractivity contribution in [2.24, 2.45) is 35.5 Å². The van der Waals surface area contributed by atoms with Crippen LogP contribution in [-0.4, -0.2) is 19.9 Å². The van der Waals surface area contributed by atoms with Crippen molar-refractivity contribution in [3.8, 4) is 0 Å². The molecule has 0 amide bonds. The predicted octanol–water partition coefficient (Wildman–Crippen LogP) is 8.14. The molecule has 0 spiro atoms. The van der Waals surface area contributed by atoms with Crippen molar-refractivity contribution in [3.63, 3.8) is 0 Å². The molecule has 3 saturated carbocycles. The summed E-state index contributed by atoms with van der Waals surface area (Å²) >= 11 is 0. The molecule has 1 nitrogen and oxygen atoms in total. The van der Waals surface area contributed by atoms with Crippen LogP contribution in [0.15, 0.2) is 12.2 Å². The molecule has 29 heavy (non-hydrogen) atoms. The standard InChI is InChI=1S/C27H47FO/c1-3-27(28)7-5-4-6-21-8-12-23(13-9-21)25-16-18-26(19-17-25)24-14-10-22(11-15-24)20-29-2/h4,6,21-27H,3,5,7-20H2,1-2H3/b6-4+. The molecule has 0 radical (unpaired) electrons. The Morgan fingerprint density at radius 1 is 0.793 bits per heavy atom. The van der Waals surface area contributed by atoms with Crippen LogP contribution in [0.1, 0.15) is 103 Å². The van der Waals surface area contributed by atoms with E-state index in [0.29, 0.717) is 12.8 Å². The van der Waals surface area contributed by atoms with Gasteiger partial charge < -0.3 is 4.74 Å². The zero-order valence-electron chi connectivity index (χ0n) is 19.3. The molecule has 0 aromatic heterocycles. The van der Waals surface area contributed by atoms with Crippen LogP contribution in [-0.2, 0) is 4.74 Å². The Bertz CT molecular complexity index is 451. The van der Waals surface area contributed by atoms with Crippen molar-refractivity contribution in [1.29, 1.82) is 0 Å². The van der Waals surface area contributed by atoms with Crippen molar-refractivity contribution < 1.29 is 9.13 Å². The van der Waals surface area contributed by atoms with E-state index in [-0.39, 0.29) is 0 Å². The quantitative estimate of drug-likeness (QED) is 0.351. The van der Waals surface area contributed by atoms with Crippen molar-refractivity contribution >= 4 is 0 Å². The molecule has 1 unspecified atom stereocenters. The first kappa shape index (κ1) is 23.3. The van der Waals surface area contributed by atoms with E-state index in [2.05, 4.69) is 12.2 Å². The molecule has 3 aliphatic rings. The summed E-state index contributed by atoms with van der Waals surface area (Å²) in [5.74, 6) is 5.65. The highest BCUT2D eigenvalue weighted by Gasteiger charge is 2.34. The van der Waals surface area contributed by atoms with Gasteiger partial charge in [0.25, 0.3) is 0 Å². The summed E-state index contributed by atoms with van der Waals surface area (Å²) in [5.41, 5.74) is 0. The summed E-state index contributed by atoms with van der Waals surface area (Å²) in [6.45, 7) is 2.92. The smallest absolute Gasteiger partial charge is 0.100 e. The molecule has 168 valence electrons. The van der Waals surface area contributed by atoms with Gasteiger partial charge in [-0.15, -0.1) is 0 Å². The maximum atomic E-state index is 13.3. The van der Waals surface area contributed by atoms with Gasteiger partial charge in [-0.25, -0.2) is 4.39 Å². The second-order valence-electron chi connectivity index (χ2n) is 10.6. The third-order valence-electron chi connectivity index (χ3n) is 8.76. The Morgan fingerprint density at radius 2 is 1.28 bits per heavy atom. The summed E-state index contributed by atoms with van der Waals surface area (Å²) in [7, 11) is 1.85. The highest BCUT2D eigenvalue weighted by molar-refractivity contribution is 4.93. The molecule has 0 aliphatic heterocycles. The zero-order valence-corrected chi connectivity index (χ0v) is 19.3. The molecule has 1 atom stereocenters. The first-order valence-corrected chi connectivity index (χ1v) is 13.0. The van der Waals surface area contributed by atoms with E-state index in [9.17, 15) is 4.39 Å². The minimum Gasteiger partial charge on any atom is -0.384 e. The molecule has 3 fully saturated rings. The van der Waals surface area contributed by atoms with Crippen LogP contribution in [0.2, 0.25) is 0 Å². The predicted molar refractivity (Wildman–Crippen MR) is 122 cm³/mol. The highest BCUT2D eigenvalue weighted by atomic mass is 19.1. The van der Waals surface area contributed by atoms with E-state index in [0.717, 1.165) is 48.5 Å². The Balaban J connectivity index is 1.30. The number of halogens is 1. The van der Waals surface area contributed by atoms with Crippen LogP contribution < -0.4 is 0 Å². The maximum Gasteiger partial charge on any atom is 0.100 e. The van der Waals surface area contributed by atoms with Crippen LogP contribution in [0.5, 0.6) is 0 Å². The Kier molecular flexibility index (Phi) is 10.0. The summed E-state index contributed by atoms with van der Waals surface area (Å²) in [4.78, 5) is 0. The summed E-state index contributed by atoms with van der Waals surface area (Å²) in [6, 6.07) is 0. The second kappa shape index (κ2) is 12.5. The lowest BCUT2D eigenvalue weighted by atomic mass is 9.65. The second-order valence-corrected chi connectivity index (χ2v) is 10.6. The van der Waals surface area contributed by atoms with Crippen LogP contribution in [0.4, 0.5) is 4.39 Å². The van der Waals surface area contributed by atoms with Crippen LogP contribution >= 0.6 is 0 Å². The molecule has 0 heterocycles. The molecule has 0 N–H and O–H groups in total. The van der Waals surface area contributed by atoms with Gasteiger partial charge in [0, 0.05) is 13.7 Å². The minimum atomic E-state index is -0.606. The normalized spacial score (nSPS) is 37.6. The van der Waals surface area contributed by atoms with Gasteiger partial charge in [-0.1, -0.05) is 19.1 Å². The minimum absolute atomic E-state index is 0.606. The average Bonchev–Trinajstić information content (AvgIpc) is 2.78.